The third-order valence-electron chi connectivity index (χ3n) is 6.67. The Kier molecular flexibility index (Phi) is 4.23. The summed E-state index contributed by atoms with van der Waals surface area (Å²) in [7, 11) is 0. The van der Waals surface area contributed by atoms with Crippen LogP contribution in [-0.2, 0) is 14.4 Å². The minimum absolute atomic E-state index is 0.125. The Morgan fingerprint density at radius 1 is 1.14 bits per heavy atom. The number of carbonyl (C=O) groups is 3. The van der Waals surface area contributed by atoms with Gasteiger partial charge >= 0.3 is 0 Å². The molecule has 1 N–H and O–H groups in total. The Morgan fingerprint density at radius 3 is 2.45 bits per heavy atom. The van der Waals surface area contributed by atoms with Crippen LogP contribution in [0.25, 0.3) is 10.9 Å². The largest absolute Gasteiger partial charge is 0.324 e. The molecule has 0 radical (unpaired) electrons. The van der Waals surface area contributed by atoms with Crippen LogP contribution in [0.4, 0.5) is 5.69 Å². The van der Waals surface area contributed by atoms with E-state index < -0.39 is 6.04 Å². The zero-order valence-corrected chi connectivity index (χ0v) is 16.2. The van der Waals surface area contributed by atoms with Crippen LogP contribution in [0.1, 0.15) is 26.2 Å². The molecule has 5 atom stereocenters. The molecule has 2 fully saturated rings. The number of fused-ring (bicyclic) bond motifs is 2. The van der Waals surface area contributed by atoms with Gasteiger partial charge in [-0.05, 0) is 55.4 Å². The summed E-state index contributed by atoms with van der Waals surface area (Å²) in [6.45, 7) is 1.84. The summed E-state index contributed by atoms with van der Waals surface area (Å²) < 4.78 is 0. The number of hydrogen-bond acceptors (Lipinski definition) is 4. The van der Waals surface area contributed by atoms with Gasteiger partial charge in [-0.25, -0.2) is 0 Å². The Balaban J connectivity index is 1.40. The summed E-state index contributed by atoms with van der Waals surface area (Å²) in [4.78, 5) is 44.9. The van der Waals surface area contributed by atoms with Crippen molar-refractivity contribution < 1.29 is 14.4 Å². The third kappa shape index (κ3) is 2.77. The van der Waals surface area contributed by atoms with E-state index in [1.165, 1.54) is 4.90 Å². The molecule has 0 spiro atoms. The van der Waals surface area contributed by atoms with Crippen molar-refractivity contribution in [3.63, 3.8) is 0 Å². The average Bonchev–Trinajstić information content (AvgIpc) is 3.03. The molecule has 148 valence electrons. The van der Waals surface area contributed by atoms with E-state index in [1.54, 1.807) is 12.3 Å². The second-order valence-corrected chi connectivity index (χ2v) is 8.21. The zero-order valence-electron chi connectivity index (χ0n) is 16.2. The van der Waals surface area contributed by atoms with E-state index in [-0.39, 0.29) is 41.4 Å². The first-order valence-electron chi connectivity index (χ1n) is 10.3. The van der Waals surface area contributed by atoms with Crippen LogP contribution in [0.15, 0.2) is 48.7 Å². The summed E-state index contributed by atoms with van der Waals surface area (Å²) in [6.07, 6.45) is 8.19. The first-order valence-corrected chi connectivity index (χ1v) is 10.3. The van der Waals surface area contributed by atoms with Crippen molar-refractivity contribution in [3.8, 4) is 0 Å². The van der Waals surface area contributed by atoms with E-state index >= 15 is 0 Å². The molecule has 3 amide bonds. The quantitative estimate of drug-likeness (QED) is 0.644. The van der Waals surface area contributed by atoms with Gasteiger partial charge in [0.25, 0.3) is 0 Å². The maximum absolute atomic E-state index is 13.2. The van der Waals surface area contributed by atoms with E-state index in [0.717, 1.165) is 23.7 Å². The smallest absolute Gasteiger partial charge is 0.247 e. The van der Waals surface area contributed by atoms with Crippen LogP contribution >= 0.6 is 0 Å². The highest BCUT2D eigenvalue weighted by atomic mass is 16.2. The molecule has 1 aromatic heterocycles. The second-order valence-electron chi connectivity index (χ2n) is 8.21. The van der Waals surface area contributed by atoms with Gasteiger partial charge in [0.05, 0.1) is 17.4 Å². The predicted molar refractivity (Wildman–Crippen MR) is 109 cm³/mol. The van der Waals surface area contributed by atoms with Crippen molar-refractivity contribution in [2.24, 2.45) is 23.7 Å². The Hall–Kier alpha value is -3.02. The number of nitrogens with one attached hydrogen (secondary N) is 1. The van der Waals surface area contributed by atoms with Gasteiger partial charge in [0.1, 0.15) is 6.04 Å². The fourth-order valence-corrected chi connectivity index (χ4v) is 5.27. The molecule has 3 aliphatic carbocycles. The Bertz CT molecular complexity index is 1010. The van der Waals surface area contributed by atoms with Gasteiger partial charge in [0, 0.05) is 17.3 Å². The van der Waals surface area contributed by atoms with Gasteiger partial charge in [-0.3, -0.25) is 24.3 Å². The van der Waals surface area contributed by atoms with Crippen molar-refractivity contribution in [2.45, 2.75) is 32.2 Å². The van der Waals surface area contributed by atoms with Gasteiger partial charge in [-0.2, -0.15) is 0 Å². The van der Waals surface area contributed by atoms with E-state index in [0.29, 0.717) is 12.1 Å². The van der Waals surface area contributed by atoms with Gasteiger partial charge in [-0.1, -0.05) is 25.1 Å². The normalized spacial score (nSPS) is 28.7. The fourth-order valence-electron chi connectivity index (χ4n) is 5.27. The number of rotatable bonds is 4. The van der Waals surface area contributed by atoms with E-state index in [2.05, 4.69) is 22.5 Å². The molecule has 1 saturated carbocycles. The minimum Gasteiger partial charge on any atom is -0.324 e. The number of amides is 3. The molecular weight excluding hydrogens is 366 g/mol. The van der Waals surface area contributed by atoms with E-state index in [4.69, 9.17) is 0 Å². The van der Waals surface area contributed by atoms with Crippen molar-refractivity contribution in [3.05, 3.63) is 48.7 Å². The van der Waals surface area contributed by atoms with Crippen LogP contribution in [0.5, 0.6) is 0 Å². The molecule has 1 saturated heterocycles. The molecule has 6 rings (SSSR count). The summed E-state index contributed by atoms with van der Waals surface area (Å²) in [6, 6.07) is 8.47. The van der Waals surface area contributed by atoms with Gasteiger partial charge < -0.3 is 5.32 Å². The number of anilines is 1. The molecule has 29 heavy (non-hydrogen) atoms. The lowest BCUT2D eigenvalue weighted by Gasteiger charge is -2.38. The number of hydrogen-bond donors (Lipinski definition) is 1. The molecule has 4 aliphatic rings. The lowest BCUT2D eigenvalue weighted by Crippen LogP contribution is -2.47. The minimum atomic E-state index is -0.787. The molecule has 2 aromatic rings. The van der Waals surface area contributed by atoms with Crippen LogP contribution < -0.4 is 5.32 Å². The number of likely N-dealkylation sites (tertiary alicyclic amines) is 1. The highest BCUT2D eigenvalue weighted by Gasteiger charge is 2.58. The van der Waals surface area contributed by atoms with Gasteiger partial charge in [0.2, 0.25) is 17.7 Å². The third-order valence-corrected chi connectivity index (χ3v) is 6.67. The van der Waals surface area contributed by atoms with Crippen molar-refractivity contribution in [1.29, 1.82) is 0 Å². The van der Waals surface area contributed by atoms with Crippen molar-refractivity contribution in [1.82, 2.24) is 9.88 Å². The number of aromatic nitrogens is 1. The lowest BCUT2D eigenvalue weighted by atomic mass is 9.63. The number of benzene rings is 1. The lowest BCUT2D eigenvalue weighted by molar-refractivity contribution is -0.146. The molecule has 1 aromatic carbocycles. The SMILES string of the molecule is CC[C@H](C(=O)Nc1ccc2ncccc2c1)N1C(=O)[C@@H]2[C@H](C1=O)[C@H]1C=C[C@H]2CC1. The zero-order chi connectivity index (χ0) is 20.1. The standard InChI is InChI=1S/C23H23N3O3/c1-2-18(21(27)25-16-9-10-17-15(12-16)4-3-11-24-17)26-22(28)19-13-5-6-14(8-7-13)20(19)23(26)29/h3-6,9-14,18-20H,2,7-8H2,1H3,(H,25,27)/t13-,14-,18+,19-,20+/m0/s1. The number of carbonyl (C=O) groups excluding carboxylic acids is 3. The molecule has 1 aliphatic heterocycles. The van der Waals surface area contributed by atoms with Crippen LogP contribution in [0.2, 0.25) is 0 Å². The highest BCUT2D eigenvalue weighted by molar-refractivity contribution is 6.10. The van der Waals surface area contributed by atoms with Crippen molar-refractivity contribution in [2.75, 3.05) is 5.32 Å². The summed E-state index contributed by atoms with van der Waals surface area (Å²) in [5.41, 5.74) is 1.47. The molecule has 6 nitrogen and oxygen atoms in total. The van der Waals surface area contributed by atoms with E-state index in [1.807, 2.05) is 31.2 Å². The average molecular weight is 389 g/mol. The highest BCUT2D eigenvalue weighted by Crippen LogP contribution is 2.50. The first kappa shape index (κ1) is 18.0. The second kappa shape index (κ2) is 6.79. The number of nitrogens with zero attached hydrogens (tertiary/aromatic N) is 2. The Labute approximate surface area is 169 Å². The molecule has 2 bridgehead atoms. The summed E-state index contributed by atoms with van der Waals surface area (Å²) in [5.74, 6) is -1.01. The topological polar surface area (TPSA) is 79.4 Å². The maximum atomic E-state index is 13.2. The molecule has 2 heterocycles. The first-order chi connectivity index (χ1) is 14.1. The van der Waals surface area contributed by atoms with Gasteiger partial charge in [0.15, 0.2) is 0 Å². The monoisotopic (exact) mass is 389 g/mol. The van der Waals surface area contributed by atoms with Crippen molar-refractivity contribution >= 4 is 34.3 Å². The number of allylic oxidation sites excluding steroid dienone is 2. The molecular formula is C23H23N3O3. The fraction of sp³-hybridized carbons (Fsp3) is 0.391. The van der Waals surface area contributed by atoms with Crippen LogP contribution in [0, 0.1) is 23.7 Å². The summed E-state index contributed by atoms with van der Waals surface area (Å²) in [5, 5.41) is 3.81. The van der Waals surface area contributed by atoms with Crippen LogP contribution in [-0.4, -0.2) is 33.6 Å². The van der Waals surface area contributed by atoms with Gasteiger partial charge in [-0.15, -0.1) is 0 Å². The predicted octanol–water partition coefficient (Wildman–Crippen LogP) is 3.15. The number of pyridine rings is 1. The Morgan fingerprint density at radius 2 is 1.83 bits per heavy atom. The molecule has 6 heteroatoms. The summed E-state index contributed by atoms with van der Waals surface area (Å²) >= 11 is 0. The molecule has 0 unspecified atom stereocenters. The maximum Gasteiger partial charge on any atom is 0.247 e. The van der Waals surface area contributed by atoms with Crippen LogP contribution in [0.3, 0.4) is 0 Å². The number of imide groups is 1. The van der Waals surface area contributed by atoms with E-state index in [9.17, 15) is 14.4 Å².